The fourth-order valence-electron chi connectivity index (χ4n) is 2.02. The van der Waals surface area contributed by atoms with E-state index in [1.807, 2.05) is 24.3 Å². The van der Waals surface area contributed by atoms with Crippen LogP contribution >= 0.6 is 12.4 Å². The molecule has 0 aliphatic carbocycles. The number of hydrogen-bond acceptors (Lipinski definition) is 3. The third-order valence-corrected chi connectivity index (χ3v) is 3.00. The fourth-order valence-corrected chi connectivity index (χ4v) is 2.02. The molecule has 1 aromatic rings. The van der Waals surface area contributed by atoms with E-state index in [9.17, 15) is 4.79 Å². The van der Waals surface area contributed by atoms with Gasteiger partial charge in [-0.2, -0.15) is 0 Å². The lowest BCUT2D eigenvalue weighted by Gasteiger charge is -2.11. The molecule has 4 nitrogen and oxygen atoms in total. The van der Waals surface area contributed by atoms with Crippen molar-refractivity contribution in [1.82, 2.24) is 5.32 Å². The molecule has 1 aliphatic heterocycles. The van der Waals surface area contributed by atoms with Crippen LogP contribution in [0.3, 0.4) is 0 Å². The Labute approximate surface area is 113 Å². The van der Waals surface area contributed by atoms with Gasteiger partial charge in [0.05, 0.1) is 6.04 Å². The van der Waals surface area contributed by atoms with Crippen LogP contribution in [0.2, 0.25) is 0 Å². The molecule has 3 N–H and O–H groups in total. The van der Waals surface area contributed by atoms with E-state index < -0.39 is 0 Å². The Bertz CT molecular complexity index is 375. The smallest absolute Gasteiger partial charge is 0.241 e. The van der Waals surface area contributed by atoms with E-state index in [0.29, 0.717) is 6.42 Å². The maximum atomic E-state index is 11.8. The van der Waals surface area contributed by atoms with Gasteiger partial charge in [-0.15, -0.1) is 12.4 Å². The van der Waals surface area contributed by atoms with Gasteiger partial charge in [-0.1, -0.05) is 12.1 Å². The second-order valence-corrected chi connectivity index (χ2v) is 4.31. The van der Waals surface area contributed by atoms with Gasteiger partial charge in [0.1, 0.15) is 0 Å². The average molecular weight is 271 g/mol. The molecule has 1 amide bonds. The molecule has 1 heterocycles. The van der Waals surface area contributed by atoms with Crippen molar-refractivity contribution < 1.29 is 9.90 Å². The van der Waals surface area contributed by atoms with Crippen molar-refractivity contribution in [1.29, 1.82) is 0 Å². The molecule has 0 aromatic heterocycles. The SMILES string of the molecule is Cl.O=C(Nc1ccc(CCO)cc1)C1CCCN1. The predicted octanol–water partition coefficient (Wildman–Crippen LogP) is 1.33. The molecule has 2 rings (SSSR count). The number of carbonyl (C=O) groups is 1. The summed E-state index contributed by atoms with van der Waals surface area (Å²) in [6, 6.07) is 7.55. The largest absolute Gasteiger partial charge is 0.396 e. The first kappa shape index (κ1) is 15.0. The van der Waals surface area contributed by atoms with Crippen LogP contribution in [0.15, 0.2) is 24.3 Å². The van der Waals surface area contributed by atoms with Crippen LogP contribution in [0.5, 0.6) is 0 Å². The summed E-state index contributed by atoms with van der Waals surface area (Å²) in [4.78, 5) is 11.8. The summed E-state index contributed by atoms with van der Waals surface area (Å²) in [6.07, 6.45) is 2.63. The number of aliphatic hydroxyl groups excluding tert-OH is 1. The van der Waals surface area contributed by atoms with Gasteiger partial charge in [0.2, 0.25) is 5.91 Å². The fraction of sp³-hybridized carbons (Fsp3) is 0.462. The molecule has 100 valence electrons. The van der Waals surface area contributed by atoms with Crippen molar-refractivity contribution in [3.05, 3.63) is 29.8 Å². The second kappa shape index (κ2) is 7.36. The molecule has 18 heavy (non-hydrogen) atoms. The van der Waals surface area contributed by atoms with Crippen LogP contribution in [-0.2, 0) is 11.2 Å². The van der Waals surface area contributed by atoms with Crippen LogP contribution in [0, 0.1) is 0 Å². The van der Waals surface area contributed by atoms with E-state index in [1.54, 1.807) is 0 Å². The van der Waals surface area contributed by atoms with Crippen molar-refractivity contribution in [3.8, 4) is 0 Å². The lowest BCUT2D eigenvalue weighted by Crippen LogP contribution is -2.35. The molecule has 1 saturated heterocycles. The zero-order chi connectivity index (χ0) is 12.1. The van der Waals surface area contributed by atoms with Gasteiger partial charge in [-0.3, -0.25) is 4.79 Å². The lowest BCUT2D eigenvalue weighted by molar-refractivity contribution is -0.117. The van der Waals surface area contributed by atoms with Gasteiger partial charge < -0.3 is 15.7 Å². The summed E-state index contributed by atoms with van der Waals surface area (Å²) < 4.78 is 0. The molecule has 1 unspecified atom stereocenters. The van der Waals surface area contributed by atoms with E-state index in [4.69, 9.17) is 5.11 Å². The minimum absolute atomic E-state index is 0. The highest BCUT2D eigenvalue weighted by molar-refractivity contribution is 5.95. The molecule has 5 heteroatoms. The quantitative estimate of drug-likeness (QED) is 0.774. The van der Waals surface area contributed by atoms with E-state index >= 15 is 0 Å². The topological polar surface area (TPSA) is 61.4 Å². The summed E-state index contributed by atoms with van der Waals surface area (Å²) in [6.45, 7) is 1.07. The first-order chi connectivity index (χ1) is 8.29. The van der Waals surface area contributed by atoms with E-state index in [0.717, 1.165) is 30.6 Å². The normalized spacial score (nSPS) is 18.2. The monoisotopic (exact) mass is 270 g/mol. The number of anilines is 1. The highest BCUT2D eigenvalue weighted by Gasteiger charge is 2.21. The van der Waals surface area contributed by atoms with Crippen molar-refractivity contribution >= 4 is 24.0 Å². The number of hydrogen-bond donors (Lipinski definition) is 3. The summed E-state index contributed by atoms with van der Waals surface area (Å²) in [5.41, 5.74) is 1.88. The summed E-state index contributed by atoms with van der Waals surface area (Å²) in [5.74, 6) is 0.0393. The van der Waals surface area contributed by atoms with Gasteiger partial charge in [0.15, 0.2) is 0 Å². The van der Waals surface area contributed by atoms with Gasteiger partial charge in [0.25, 0.3) is 0 Å². The van der Waals surface area contributed by atoms with Gasteiger partial charge >= 0.3 is 0 Å². The number of rotatable bonds is 4. The Balaban J connectivity index is 0.00000162. The summed E-state index contributed by atoms with van der Waals surface area (Å²) in [5, 5.41) is 14.9. The molecular weight excluding hydrogens is 252 g/mol. The number of halogens is 1. The Morgan fingerprint density at radius 1 is 1.39 bits per heavy atom. The number of aliphatic hydroxyl groups is 1. The average Bonchev–Trinajstić information content (AvgIpc) is 2.86. The van der Waals surface area contributed by atoms with Crippen LogP contribution in [0.1, 0.15) is 18.4 Å². The third-order valence-electron chi connectivity index (χ3n) is 3.00. The summed E-state index contributed by atoms with van der Waals surface area (Å²) >= 11 is 0. The maximum absolute atomic E-state index is 11.8. The van der Waals surface area contributed by atoms with Gasteiger partial charge in [-0.25, -0.2) is 0 Å². The number of nitrogens with one attached hydrogen (secondary N) is 2. The van der Waals surface area contributed by atoms with Crippen molar-refractivity contribution in [3.63, 3.8) is 0 Å². The van der Waals surface area contributed by atoms with Crippen LogP contribution in [-0.4, -0.2) is 30.2 Å². The Hall–Kier alpha value is -1.10. The first-order valence-electron chi connectivity index (χ1n) is 6.03. The third kappa shape index (κ3) is 3.98. The first-order valence-corrected chi connectivity index (χ1v) is 6.03. The second-order valence-electron chi connectivity index (χ2n) is 4.31. The molecular formula is C13H19ClN2O2. The van der Waals surface area contributed by atoms with Gasteiger partial charge in [-0.05, 0) is 43.5 Å². The minimum atomic E-state index is -0.0490. The van der Waals surface area contributed by atoms with Gasteiger partial charge in [0, 0.05) is 12.3 Å². The highest BCUT2D eigenvalue weighted by atomic mass is 35.5. The molecule has 0 saturated carbocycles. The number of benzene rings is 1. The molecule has 0 radical (unpaired) electrons. The Morgan fingerprint density at radius 3 is 2.67 bits per heavy atom. The minimum Gasteiger partial charge on any atom is -0.396 e. The summed E-state index contributed by atoms with van der Waals surface area (Å²) in [7, 11) is 0. The van der Waals surface area contributed by atoms with Crippen LogP contribution in [0.25, 0.3) is 0 Å². The molecule has 1 aliphatic rings. The number of carbonyl (C=O) groups excluding carboxylic acids is 1. The maximum Gasteiger partial charge on any atom is 0.241 e. The molecule has 1 fully saturated rings. The van der Waals surface area contributed by atoms with Crippen molar-refractivity contribution in [2.75, 3.05) is 18.5 Å². The zero-order valence-corrected chi connectivity index (χ0v) is 11.0. The van der Waals surface area contributed by atoms with Crippen molar-refractivity contribution in [2.24, 2.45) is 0 Å². The molecule has 1 atom stereocenters. The molecule has 0 bridgehead atoms. The van der Waals surface area contributed by atoms with E-state index in [-0.39, 0.29) is 31.0 Å². The zero-order valence-electron chi connectivity index (χ0n) is 10.2. The van der Waals surface area contributed by atoms with E-state index in [1.165, 1.54) is 0 Å². The standard InChI is InChI=1S/C13H18N2O2.ClH/c16-9-7-10-3-5-11(6-4-10)15-13(17)12-2-1-8-14-12;/h3-6,12,14,16H,1-2,7-9H2,(H,15,17);1H. The predicted molar refractivity (Wildman–Crippen MR) is 74.1 cm³/mol. The molecule has 1 aromatic carbocycles. The molecule has 0 spiro atoms. The van der Waals surface area contributed by atoms with Crippen molar-refractivity contribution in [2.45, 2.75) is 25.3 Å². The van der Waals surface area contributed by atoms with E-state index in [2.05, 4.69) is 10.6 Å². The van der Waals surface area contributed by atoms with Crippen LogP contribution < -0.4 is 10.6 Å². The highest BCUT2D eigenvalue weighted by Crippen LogP contribution is 2.12. The lowest BCUT2D eigenvalue weighted by atomic mass is 10.1. The number of amides is 1. The Morgan fingerprint density at radius 2 is 2.11 bits per heavy atom. The van der Waals surface area contributed by atoms with Crippen LogP contribution in [0.4, 0.5) is 5.69 Å². The Kier molecular flexibility index (Phi) is 6.12.